The van der Waals surface area contributed by atoms with Crippen molar-refractivity contribution < 1.29 is 4.74 Å². The Morgan fingerprint density at radius 1 is 1.62 bits per heavy atom. The lowest BCUT2D eigenvalue weighted by molar-refractivity contribution is 0.110. The highest BCUT2D eigenvalue weighted by molar-refractivity contribution is 5.31. The van der Waals surface area contributed by atoms with Crippen LogP contribution in [0.3, 0.4) is 0 Å². The minimum absolute atomic E-state index is 0.148. The number of nitrogens with zero attached hydrogens (tertiary/aromatic N) is 2. The first kappa shape index (κ1) is 10.9. The molecule has 0 radical (unpaired) electrons. The second kappa shape index (κ2) is 4.95. The van der Waals surface area contributed by atoms with E-state index in [-0.39, 0.29) is 6.10 Å². The molecule has 0 spiro atoms. The van der Waals surface area contributed by atoms with Gasteiger partial charge in [-0.25, -0.2) is 4.98 Å². The summed E-state index contributed by atoms with van der Waals surface area (Å²) in [4.78, 5) is 4.11. The summed E-state index contributed by atoms with van der Waals surface area (Å²) in [6.45, 7) is 4.08. The normalized spacial score (nSPS) is 24.8. The molecule has 4 heteroatoms. The number of nitrogens with one attached hydrogen (secondary N) is 1. The molecule has 2 rings (SSSR count). The molecule has 16 heavy (non-hydrogen) atoms. The van der Waals surface area contributed by atoms with Gasteiger partial charge in [-0.05, 0) is 24.9 Å². The van der Waals surface area contributed by atoms with E-state index in [9.17, 15) is 0 Å². The standard InChI is InChI=1S/C12H15N3O/c1-9-2-4-14-8-11(9)16-12-6-10(7-13)3-5-15-12/h3,5-6,9,11,14H,2,4,8H2,1H3. The van der Waals surface area contributed by atoms with E-state index in [0.717, 1.165) is 19.5 Å². The van der Waals surface area contributed by atoms with Crippen LogP contribution in [0.5, 0.6) is 5.88 Å². The van der Waals surface area contributed by atoms with Crippen LogP contribution in [0.1, 0.15) is 18.9 Å². The molecule has 1 saturated heterocycles. The van der Waals surface area contributed by atoms with E-state index < -0.39 is 0 Å². The Kier molecular flexibility index (Phi) is 3.37. The van der Waals surface area contributed by atoms with Crippen LogP contribution in [0, 0.1) is 17.2 Å². The third-order valence-corrected chi connectivity index (χ3v) is 2.89. The molecule has 0 bridgehead atoms. The second-order valence-corrected chi connectivity index (χ2v) is 4.12. The quantitative estimate of drug-likeness (QED) is 0.812. The Morgan fingerprint density at radius 2 is 2.50 bits per heavy atom. The second-order valence-electron chi connectivity index (χ2n) is 4.12. The van der Waals surface area contributed by atoms with Crippen LogP contribution in [0.15, 0.2) is 18.3 Å². The predicted octanol–water partition coefficient (Wildman–Crippen LogP) is 1.33. The molecule has 1 fully saturated rings. The maximum atomic E-state index is 8.77. The molecule has 84 valence electrons. The number of ether oxygens (including phenoxy) is 1. The Bertz CT molecular complexity index is 399. The lowest BCUT2D eigenvalue weighted by Crippen LogP contribution is -2.42. The molecule has 0 amide bonds. The number of piperidine rings is 1. The van der Waals surface area contributed by atoms with Crippen LogP contribution in [0.4, 0.5) is 0 Å². The Hall–Kier alpha value is -1.60. The van der Waals surface area contributed by atoms with Crippen LogP contribution in [0.25, 0.3) is 0 Å². The minimum Gasteiger partial charge on any atom is -0.473 e. The highest BCUT2D eigenvalue weighted by atomic mass is 16.5. The molecule has 1 aliphatic rings. The zero-order valence-electron chi connectivity index (χ0n) is 9.31. The van der Waals surface area contributed by atoms with Crippen molar-refractivity contribution in [1.82, 2.24) is 10.3 Å². The number of hydrogen-bond acceptors (Lipinski definition) is 4. The smallest absolute Gasteiger partial charge is 0.214 e. The molecular formula is C12H15N3O. The summed E-state index contributed by atoms with van der Waals surface area (Å²) >= 11 is 0. The van der Waals surface area contributed by atoms with Gasteiger partial charge >= 0.3 is 0 Å². The molecule has 2 atom stereocenters. The number of rotatable bonds is 2. The van der Waals surface area contributed by atoms with Crippen molar-refractivity contribution in [3.8, 4) is 11.9 Å². The highest BCUT2D eigenvalue weighted by Crippen LogP contribution is 2.18. The van der Waals surface area contributed by atoms with E-state index in [2.05, 4.69) is 23.3 Å². The average molecular weight is 217 g/mol. The van der Waals surface area contributed by atoms with Crippen molar-refractivity contribution in [2.75, 3.05) is 13.1 Å². The van der Waals surface area contributed by atoms with Gasteiger partial charge in [-0.3, -0.25) is 0 Å². The molecule has 2 unspecified atom stereocenters. The van der Waals surface area contributed by atoms with Crippen molar-refractivity contribution in [2.45, 2.75) is 19.4 Å². The van der Waals surface area contributed by atoms with Gasteiger partial charge in [0.15, 0.2) is 0 Å². The Morgan fingerprint density at radius 3 is 3.25 bits per heavy atom. The SMILES string of the molecule is CC1CCNCC1Oc1cc(C#N)ccn1. The molecule has 1 aromatic heterocycles. The summed E-state index contributed by atoms with van der Waals surface area (Å²) in [6.07, 6.45) is 2.87. The minimum atomic E-state index is 0.148. The zero-order chi connectivity index (χ0) is 11.4. The third kappa shape index (κ3) is 2.50. The maximum Gasteiger partial charge on any atom is 0.214 e. The molecule has 2 heterocycles. The first-order valence-electron chi connectivity index (χ1n) is 5.53. The fraction of sp³-hybridized carbons (Fsp3) is 0.500. The van der Waals surface area contributed by atoms with E-state index in [0.29, 0.717) is 17.4 Å². The summed E-state index contributed by atoms with van der Waals surface area (Å²) < 4.78 is 5.79. The summed E-state index contributed by atoms with van der Waals surface area (Å²) in [7, 11) is 0. The molecule has 0 aliphatic carbocycles. The largest absolute Gasteiger partial charge is 0.473 e. The number of hydrogen-bond donors (Lipinski definition) is 1. The first-order valence-corrected chi connectivity index (χ1v) is 5.53. The first-order chi connectivity index (χ1) is 7.79. The van der Waals surface area contributed by atoms with Gasteiger partial charge in [-0.2, -0.15) is 5.26 Å². The van der Waals surface area contributed by atoms with Crippen molar-refractivity contribution in [3.05, 3.63) is 23.9 Å². The fourth-order valence-corrected chi connectivity index (χ4v) is 1.82. The van der Waals surface area contributed by atoms with Gasteiger partial charge in [0.05, 0.1) is 11.6 Å². The van der Waals surface area contributed by atoms with Gasteiger partial charge in [-0.15, -0.1) is 0 Å². The van der Waals surface area contributed by atoms with Gasteiger partial charge in [0.2, 0.25) is 5.88 Å². The van der Waals surface area contributed by atoms with Gasteiger partial charge in [-0.1, -0.05) is 6.92 Å². The predicted molar refractivity (Wildman–Crippen MR) is 60.0 cm³/mol. The van der Waals surface area contributed by atoms with E-state index in [4.69, 9.17) is 10.00 Å². The van der Waals surface area contributed by atoms with Gasteiger partial charge in [0.1, 0.15) is 6.10 Å². The van der Waals surface area contributed by atoms with E-state index in [1.165, 1.54) is 0 Å². The summed E-state index contributed by atoms with van der Waals surface area (Å²) in [6, 6.07) is 5.44. The topological polar surface area (TPSA) is 57.9 Å². The van der Waals surface area contributed by atoms with Crippen molar-refractivity contribution in [1.29, 1.82) is 5.26 Å². The summed E-state index contributed by atoms with van der Waals surface area (Å²) in [5.41, 5.74) is 0.585. The number of pyridine rings is 1. The Labute approximate surface area is 95.3 Å². The van der Waals surface area contributed by atoms with E-state index in [1.54, 1.807) is 18.3 Å². The van der Waals surface area contributed by atoms with Crippen molar-refractivity contribution >= 4 is 0 Å². The zero-order valence-corrected chi connectivity index (χ0v) is 9.31. The molecule has 0 aromatic carbocycles. The van der Waals surface area contributed by atoms with Crippen LogP contribution in [0.2, 0.25) is 0 Å². The highest BCUT2D eigenvalue weighted by Gasteiger charge is 2.22. The number of aromatic nitrogens is 1. The lowest BCUT2D eigenvalue weighted by Gasteiger charge is -2.29. The fourth-order valence-electron chi connectivity index (χ4n) is 1.82. The lowest BCUT2D eigenvalue weighted by atomic mass is 9.97. The third-order valence-electron chi connectivity index (χ3n) is 2.89. The van der Waals surface area contributed by atoms with Gasteiger partial charge < -0.3 is 10.1 Å². The molecule has 0 saturated carbocycles. The van der Waals surface area contributed by atoms with Crippen LogP contribution < -0.4 is 10.1 Å². The molecule has 4 nitrogen and oxygen atoms in total. The monoisotopic (exact) mass is 217 g/mol. The van der Waals surface area contributed by atoms with Crippen LogP contribution in [-0.4, -0.2) is 24.2 Å². The summed E-state index contributed by atoms with van der Waals surface area (Å²) in [5, 5.41) is 12.1. The van der Waals surface area contributed by atoms with E-state index >= 15 is 0 Å². The summed E-state index contributed by atoms with van der Waals surface area (Å²) in [5.74, 6) is 1.06. The molecule has 1 aromatic rings. The molecular weight excluding hydrogens is 202 g/mol. The van der Waals surface area contributed by atoms with E-state index in [1.807, 2.05) is 0 Å². The van der Waals surface area contributed by atoms with Gasteiger partial charge in [0.25, 0.3) is 0 Å². The maximum absolute atomic E-state index is 8.77. The van der Waals surface area contributed by atoms with Crippen LogP contribution in [-0.2, 0) is 0 Å². The van der Waals surface area contributed by atoms with Crippen LogP contribution >= 0.6 is 0 Å². The molecule has 1 aliphatic heterocycles. The van der Waals surface area contributed by atoms with Gasteiger partial charge in [0, 0.05) is 18.8 Å². The number of nitriles is 1. The Balaban J connectivity index is 2.05. The van der Waals surface area contributed by atoms with Crippen molar-refractivity contribution in [2.24, 2.45) is 5.92 Å². The molecule has 1 N–H and O–H groups in total. The average Bonchev–Trinajstić information content (AvgIpc) is 2.32. The van der Waals surface area contributed by atoms with Crippen molar-refractivity contribution in [3.63, 3.8) is 0 Å².